The topological polar surface area (TPSA) is 99.0 Å². The van der Waals surface area contributed by atoms with Gasteiger partial charge >= 0.3 is 5.97 Å². The third-order valence-corrected chi connectivity index (χ3v) is 7.91. The Morgan fingerprint density at radius 1 is 1.10 bits per heavy atom. The van der Waals surface area contributed by atoms with Crippen LogP contribution in [0.3, 0.4) is 0 Å². The second-order valence-corrected chi connectivity index (χ2v) is 11.1. The lowest BCUT2D eigenvalue weighted by atomic mass is 9.95. The van der Waals surface area contributed by atoms with Crippen LogP contribution in [0.25, 0.3) is 6.08 Å². The fraction of sp³-hybridized carbons (Fsp3) is 0.161. The van der Waals surface area contributed by atoms with Crippen molar-refractivity contribution in [1.82, 2.24) is 4.57 Å². The van der Waals surface area contributed by atoms with Crippen LogP contribution in [0.1, 0.15) is 37.9 Å². The van der Waals surface area contributed by atoms with E-state index in [2.05, 4.69) is 26.2 Å². The lowest BCUT2D eigenvalue weighted by Gasteiger charge is -2.25. The van der Waals surface area contributed by atoms with Crippen LogP contribution in [0.2, 0.25) is 0 Å². The first-order valence-corrected chi connectivity index (χ1v) is 14.5. The Morgan fingerprint density at radius 3 is 2.49 bits per heavy atom. The van der Waals surface area contributed by atoms with Crippen LogP contribution in [-0.4, -0.2) is 23.1 Å². The third kappa shape index (κ3) is 6.08. The summed E-state index contributed by atoms with van der Waals surface area (Å²) in [5, 5.41) is 2.95. The van der Waals surface area contributed by atoms with Crippen LogP contribution >= 0.6 is 27.3 Å². The maximum absolute atomic E-state index is 13.9. The Balaban J connectivity index is 1.62. The predicted octanol–water partition coefficient (Wildman–Crippen LogP) is 4.96. The molecule has 5 rings (SSSR count). The van der Waals surface area contributed by atoms with Gasteiger partial charge in [0.05, 0.1) is 32.9 Å². The number of carbonyl (C=O) groups is 2. The van der Waals surface area contributed by atoms with Gasteiger partial charge < -0.3 is 14.8 Å². The number of carbonyl (C=O) groups excluding carboxylic acids is 2. The Kier molecular flexibility index (Phi) is 8.32. The number of allylic oxidation sites excluding steroid dienone is 1. The maximum Gasteiger partial charge on any atom is 0.308 e. The lowest BCUT2D eigenvalue weighted by molar-refractivity contribution is -0.131. The van der Waals surface area contributed by atoms with Crippen LogP contribution in [0.4, 0.5) is 5.69 Å². The molecule has 0 bridgehead atoms. The highest BCUT2D eigenvalue weighted by Gasteiger charge is 2.32. The van der Waals surface area contributed by atoms with E-state index in [1.54, 1.807) is 47.9 Å². The van der Waals surface area contributed by atoms with Crippen molar-refractivity contribution in [2.24, 2.45) is 4.99 Å². The molecule has 1 aliphatic rings. The Labute approximate surface area is 248 Å². The van der Waals surface area contributed by atoms with Crippen LogP contribution in [-0.2, 0) is 9.59 Å². The van der Waals surface area contributed by atoms with Gasteiger partial charge in [-0.15, -0.1) is 0 Å². The molecule has 1 N–H and O–H groups in total. The number of thiazole rings is 1. The monoisotopic (exact) mass is 631 g/mol. The highest BCUT2D eigenvalue weighted by molar-refractivity contribution is 9.10. The van der Waals surface area contributed by atoms with Crippen molar-refractivity contribution in [3.8, 4) is 11.5 Å². The second-order valence-electron chi connectivity index (χ2n) is 9.19. The molecule has 1 atom stereocenters. The smallest absolute Gasteiger partial charge is 0.308 e. The molecule has 8 nitrogen and oxygen atoms in total. The summed E-state index contributed by atoms with van der Waals surface area (Å²) in [7, 11) is 0. The minimum atomic E-state index is -0.703. The number of para-hydroxylation sites is 1. The number of nitrogens with zero attached hydrogens (tertiary/aromatic N) is 2. The van der Waals surface area contributed by atoms with Crippen LogP contribution < -0.4 is 29.7 Å². The first-order valence-electron chi connectivity index (χ1n) is 12.8. The van der Waals surface area contributed by atoms with Crippen molar-refractivity contribution < 1.29 is 19.1 Å². The summed E-state index contributed by atoms with van der Waals surface area (Å²) in [5.74, 6) is 0.317. The van der Waals surface area contributed by atoms with Crippen LogP contribution in [0.15, 0.2) is 98.3 Å². The first kappa shape index (κ1) is 28.3. The van der Waals surface area contributed by atoms with Gasteiger partial charge in [-0.05, 0) is 83.4 Å². The number of ether oxygens (including phenoxy) is 2. The summed E-state index contributed by atoms with van der Waals surface area (Å²) in [5.41, 5.74) is 2.76. The normalized spacial score (nSPS) is 14.7. The van der Waals surface area contributed by atoms with Crippen molar-refractivity contribution in [3.05, 3.63) is 119 Å². The summed E-state index contributed by atoms with van der Waals surface area (Å²) in [6, 6.07) is 21.0. The Bertz CT molecular complexity index is 1840. The summed E-state index contributed by atoms with van der Waals surface area (Å²) < 4.78 is 13.4. The third-order valence-electron chi connectivity index (χ3n) is 6.31. The van der Waals surface area contributed by atoms with E-state index < -0.39 is 12.0 Å². The van der Waals surface area contributed by atoms with Crippen molar-refractivity contribution in [3.63, 3.8) is 0 Å². The number of hydrogen-bond acceptors (Lipinski definition) is 7. The maximum atomic E-state index is 13.9. The molecular formula is C31H26BrN3O5S. The van der Waals surface area contributed by atoms with Gasteiger partial charge in [-0.2, -0.15) is 0 Å². The zero-order valence-electron chi connectivity index (χ0n) is 22.5. The Morgan fingerprint density at radius 2 is 1.83 bits per heavy atom. The largest absolute Gasteiger partial charge is 0.494 e. The van der Waals surface area contributed by atoms with Gasteiger partial charge in [-0.25, -0.2) is 4.99 Å². The summed E-state index contributed by atoms with van der Waals surface area (Å²) in [4.78, 5) is 44.1. The molecule has 1 aliphatic heterocycles. The molecule has 10 heteroatoms. The first-order chi connectivity index (χ1) is 19.7. The number of rotatable bonds is 7. The van der Waals surface area contributed by atoms with Gasteiger partial charge in [0, 0.05) is 12.6 Å². The van der Waals surface area contributed by atoms with Gasteiger partial charge in [0.1, 0.15) is 11.5 Å². The Hall–Kier alpha value is -4.28. The number of halogens is 1. The number of amides is 1. The van der Waals surface area contributed by atoms with E-state index in [9.17, 15) is 14.4 Å². The molecule has 208 valence electrons. The van der Waals surface area contributed by atoms with Crippen molar-refractivity contribution in [2.75, 3.05) is 11.9 Å². The van der Waals surface area contributed by atoms with E-state index in [1.807, 2.05) is 49.4 Å². The number of fused-ring (bicyclic) bond motifs is 1. The molecule has 0 aliphatic carbocycles. The molecule has 4 aromatic rings. The molecule has 3 aromatic carbocycles. The van der Waals surface area contributed by atoms with Crippen molar-refractivity contribution in [1.29, 1.82) is 0 Å². The standard InChI is InChI=1S/C31H26BrN3O5S/c1-4-39-23-13-11-21(12-14-23)28-27(29(37)34-22-8-6-5-7-9-22)18(2)33-31-35(28)30(38)26(41-31)17-20-10-15-25(24(32)16-20)40-19(3)36/h5-17,28H,4H2,1-3H3,(H,34,37)/b26-17-/t28-/m0/s1. The molecule has 2 heterocycles. The van der Waals surface area contributed by atoms with Crippen molar-refractivity contribution in [2.45, 2.75) is 26.8 Å². The predicted molar refractivity (Wildman–Crippen MR) is 162 cm³/mol. The van der Waals surface area contributed by atoms with E-state index in [0.29, 0.717) is 48.9 Å². The van der Waals surface area contributed by atoms with Gasteiger partial charge in [0.15, 0.2) is 4.80 Å². The average molecular weight is 633 g/mol. The molecule has 0 unspecified atom stereocenters. The zero-order chi connectivity index (χ0) is 29.1. The number of benzene rings is 3. The number of anilines is 1. The zero-order valence-corrected chi connectivity index (χ0v) is 24.9. The number of aromatic nitrogens is 1. The van der Waals surface area contributed by atoms with E-state index in [4.69, 9.17) is 9.47 Å². The SMILES string of the molecule is CCOc1ccc([C@H]2C(C(=O)Nc3ccccc3)=C(C)N=c3s/c(=C\c4ccc(OC(C)=O)c(Br)c4)c(=O)n32)cc1. The average Bonchev–Trinajstić information content (AvgIpc) is 3.24. The number of esters is 1. The summed E-state index contributed by atoms with van der Waals surface area (Å²) >= 11 is 4.67. The quantitative estimate of drug-likeness (QED) is 0.230. The van der Waals surface area contributed by atoms with Gasteiger partial charge in [0.2, 0.25) is 0 Å². The summed E-state index contributed by atoms with van der Waals surface area (Å²) in [6.45, 7) is 5.55. The molecule has 1 amide bonds. The minimum Gasteiger partial charge on any atom is -0.494 e. The van der Waals surface area contributed by atoms with Gasteiger partial charge in [-0.3, -0.25) is 19.0 Å². The van der Waals surface area contributed by atoms with Gasteiger partial charge in [-0.1, -0.05) is 47.7 Å². The number of hydrogen-bond donors (Lipinski definition) is 1. The molecule has 1 aromatic heterocycles. The van der Waals surface area contributed by atoms with Crippen LogP contribution in [0.5, 0.6) is 11.5 Å². The highest BCUT2D eigenvalue weighted by atomic mass is 79.9. The minimum absolute atomic E-state index is 0.273. The highest BCUT2D eigenvalue weighted by Crippen LogP contribution is 2.32. The van der Waals surface area contributed by atoms with E-state index in [1.165, 1.54) is 18.3 Å². The fourth-order valence-electron chi connectivity index (χ4n) is 4.56. The molecule has 0 saturated heterocycles. The second kappa shape index (κ2) is 12.1. The van der Waals surface area contributed by atoms with E-state index >= 15 is 0 Å². The molecular weight excluding hydrogens is 606 g/mol. The lowest BCUT2D eigenvalue weighted by Crippen LogP contribution is -2.40. The molecule has 0 spiro atoms. The molecule has 0 saturated carbocycles. The van der Waals surface area contributed by atoms with Crippen LogP contribution in [0, 0.1) is 0 Å². The number of nitrogens with one attached hydrogen (secondary N) is 1. The molecule has 0 fully saturated rings. The summed E-state index contributed by atoms with van der Waals surface area (Å²) in [6.07, 6.45) is 1.75. The van der Waals surface area contributed by atoms with E-state index in [-0.39, 0.29) is 11.5 Å². The molecule has 41 heavy (non-hydrogen) atoms. The molecule has 0 radical (unpaired) electrons. The van der Waals surface area contributed by atoms with E-state index in [0.717, 1.165) is 11.1 Å². The fourth-order valence-corrected chi connectivity index (χ4v) is 6.08. The van der Waals surface area contributed by atoms with Gasteiger partial charge in [0.25, 0.3) is 11.5 Å². The van der Waals surface area contributed by atoms with Crippen molar-refractivity contribution >= 4 is 50.9 Å².